The van der Waals surface area contributed by atoms with Crippen molar-refractivity contribution in [2.45, 2.75) is 32.2 Å². The number of ketones is 1. The zero-order valence-electron chi connectivity index (χ0n) is 7.81. The first-order valence-corrected chi connectivity index (χ1v) is 4.05. The Morgan fingerprint density at radius 2 is 1.93 bits per heavy atom. The number of hydrogen-bond donors (Lipinski definition) is 1. The Kier molecular flexibility index (Phi) is 2.40. The fourth-order valence-corrected chi connectivity index (χ4v) is 1.07. The molecule has 1 aliphatic heterocycles. The molecular weight excluding hydrogens is 201 g/mol. The SMILES string of the molecule is CC1(C)CO[C@](O)(C(F)(F)F)CC1=O. The lowest BCUT2D eigenvalue weighted by Crippen LogP contribution is -2.56. The van der Waals surface area contributed by atoms with Crippen molar-refractivity contribution in [1.82, 2.24) is 0 Å². The maximum absolute atomic E-state index is 12.2. The van der Waals surface area contributed by atoms with Crippen LogP contribution in [0.25, 0.3) is 0 Å². The zero-order valence-corrected chi connectivity index (χ0v) is 7.81. The fraction of sp³-hybridized carbons (Fsp3) is 0.875. The van der Waals surface area contributed by atoms with E-state index >= 15 is 0 Å². The molecule has 1 heterocycles. The molecule has 0 aromatic carbocycles. The van der Waals surface area contributed by atoms with Crippen molar-refractivity contribution >= 4 is 5.78 Å². The van der Waals surface area contributed by atoms with Crippen molar-refractivity contribution < 1.29 is 27.8 Å². The summed E-state index contributed by atoms with van der Waals surface area (Å²) >= 11 is 0. The number of carbonyl (C=O) groups excluding carboxylic acids is 1. The molecule has 0 amide bonds. The van der Waals surface area contributed by atoms with E-state index in [-0.39, 0.29) is 0 Å². The highest BCUT2D eigenvalue weighted by Crippen LogP contribution is 2.41. The van der Waals surface area contributed by atoms with Crippen LogP contribution in [0.1, 0.15) is 20.3 Å². The van der Waals surface area contributed by atoms with E-state index in [4.69, 9.17) is 5.11 Å². The largest absolute Gasteiger partial charge is 0.443 e. The summed E-state index contributed by atoms with van der Waals surface area (Å²) in [6.07, 6.45) is -5.97. The highest BCUT2D eigenvalue weighted by Gasteiger charge is 2.60. The number of ether oxygens (including phenoxy) is 1. The number of aliphatic hydroxyl groups is 1. The quantitative estimate of drug-likeness (QED) is 0.657. The number of Topliss-reactive ketones (excluding diaryl/α,β-unsaturated/α-hetero) is 1. The molecule has 82 valence electrons. The van der Waals surface area contributed by atoms with Crippen LogP contribution in [0.3, 0.4) is 0 Å². The Hall–Kier alpha value is -0.620. The van der Waals surface area contributed by atoms with Gasteiger partial charge < -0.3 is 9.84 Å². The van der Waals surface area contributed by atoms with Gasteiger partial charge >= 0.3 is 6.18 Å². The summed E-state index contributed by atoms with van der Waals surface area (Å²) in [5, 5.41) is 9.04. The summed E-state index contributed by atoms with van der Waals surface area (Å²) in [5.41, 5.74) is -0.961. The lowest BCUT2D eigenvalue weighted by Gasteiger charge is -2.39. The van der Waals surface area contributed by atoms with Gasteiger partial charge in [-0.2, -0.15) is 13.2 Å². The van der Waals surface area contributed by atoms with Gasteiger partial charge in [0.15, 0.2) is 0 Å². The van der Waals surface area contributed by atoms with E-state index in [1.165, 1.54) is 13.8 Å². The highest BCUT2D eigenvalue weighted by molar-refractivity contribution is 5.85. The van der Waals surface area contributed by atoms with E-state index in [0.717, 1.165) is 0 Å². The maximum atomic E-state index is 12.2. The van der Waals surface area contributed by atoms with Gasteiger partial charge in [-0.25, -0.2) is 0 Å². The van der Waals surface area contributed by atoms with Crippen LogP contribution < -0.4 is 0 Å². The molecule has 3 nitrogen and oxygen atoms in total. The molecule has 0 unspecified atom stereocenters. The van der Waals surface area contributed by atoms with Gasteiger partial charge in [-0.05, 0) is 0 Å². The zero-order chi connectivity index (χ0) is 11.2. The first-order valence-electron chi connectivity index (χ1n) is 4.05. The van der Waals surface area contributed by atoms with Crippen LogP contribution in [0.15, 0.2) is 0 Å². The van der Waals surface area contributed by atoms with Gasteiger partial charge in [0.1, 0.15) is 5.78 Å². The second kappa shape index (κ2) is 2.93. The van der Waals surface area contributed by atoms with E-state index in [9.17, 15) is 18.0 Å². The van der Waals surface area contributed by atoms with Crippen molar-refractivity contribution in [3.63, 3.8) is 0 Å². The van der Waals surface area contributed by atoms with Crippen LogP contribution in [0.5, 0.6) is 0 Å². The average molecular weight is 212 g/mol. The first kappa shape index (κ1) is 11.5. The topological polar surface area (TPSA) is 46.5 Å². The number of rotatable bonds is 0. The van der Waals surface area contributed by atoms with Crippen LogP contribution in [0.2, 0.25) is 0 Å². The number of carbonyl (C=O) groups is 1. The Balaban J connectivity index is 2.87. The van der Waals surface area contributed by atoms with Crippen molar-refractivity contribution in [3.05, 3.63) is 0 Å². The molecule has 1 rings (SSSR count). The van der Waals surface area contributed by atoms with Gasteiger partial charge in [-0.3, -0.25) is 4.79 Å². The van der Waals surface area contributed by atoms with E-state index in [1.54, 1.807) is 0 Å². The molecule has 0 aliphatic carbocycles. The van der Waals surface area contributed by atoms with Gasteiger partial charge in [-0.1, -0.05) is 13.8 Å². The van der Waals surface area contributed by atoms with Gasteiger partial charge in [0.2, 0.25) is 0 Å². The van der Waals surface area contributed by atoms with E-state index in [0.29, 0.717) is 0 Å². The van der Waals surface area contributed by atoms with Crippen LogP contribution in [-0.2, 0) is 9.53 Å². The molecule has 0 bridgehead atoms. The first-order chi connectivity index (χ1) is 6.08. The predicted molar refractivity (Wildman–Crippen MR) is 40.4 cm³/mol. The molecule has 14 heavy (non-hydrogen) atoms. The van der Waals surface area contributed by atoms with Crippen LogP contribution in [-0.4, -0.2) is 29.5 Å². The van der Waals surface area contributed by atoms with E-state index < -0.39 is 36.2 Å². The molecule has 1 N–H and O–H groups in total. The van der Waals surface area contributed by atoms with Crippen molar-refractivity contribution in [2.24, 2.45) is 5.41 Å². The summed E-state index contributed by atoms with van der Waals surface area (Å²) < 4.78 is 41.0. The van der Waals surface area contributed by atoms with E-state index in [1.807, 2.05) is 0 Å². The Morgan fingerprint density at radius 1 is 1.43 bits per heavy atom. The molecule has 1 saturated heterocycles. The molecule has 0 aromatic rings. The van der Waals surface area contributed by atoms with Crippen LogP contribution in [0, 0.1) is 5.41 Å². The summed E-state index contributed by atoms with van der Waals surface area (Å²) in [5.74, 6) is -3.96. The smallest absolute Gasteiger partial charge is 0.358 e. The molecular formula is C8H11F3O3. The minimum Gasteiger partial charge on any atom is -0.358 e. The second-order valence-electron chi connectivity index (χ2n) is 4.05. The average Bonchev–Trinajstić information content (AvgIpc) is 1.96. The monoisotopic (exact) mass is 212 g/mol. The molecule has 0 aromatic heterocycles. The second-order valence-corrected chi connectivity index (χ2v) is 4.05. The van der Waals surface area contributed by atoms with Crippen molar-refractivity contribution in [2.75, 3.05) is 6.61 Å². The summed E-state index contributed by atoms with van der Waals surface area (Å²) in [6, 6.07) is 0. The molecule has 1 aliphatic rings. The Morgan fingerprint density at radius 3 is 2.29 bits per heavy atom. The van der Waals surface area contributed by atoms with Gasteiger partial charge in [0.05, 0.1) is 13.0 Å². The van der Waals surface area contributed by atoms with Gasteiger partial charge in [0.25, 0.3) is 5.79 Å². The molecule has 1 atom stereocenters. The molecule has 6 heteroatoms. The third kappa shape index (κ3) is 1.76. The molecule has 0 saturated carbocycles. The van der Waals surface area contributed by atoms with Crippen molar-refractivity contribution in [3.8, 4) is 0 Å². The lowest BCUT2D eigenvalue weighted by atomic mass is 9.82. The molecule has 0 spiro atoms. The third-order valence-corrected chi connectivity index (χ3v) is 2.27. The normalized spacial score (nSPS) is 33.1. The predicted octanol–water partition coefficient (Wildman–Crippen LogP) is 1.25. The number of halogens is 3. The fourth-order valence-electron chi connectivity index (χ4n) is 1.07. The standard InChI is InChI=1S/C8H11F3O3/c1-6(2)4-14-7(13,3-5(6)12)8(9,10)11/h13H,3-4H2,1-2H3/t7-/m0/s1. The Bertz CT molecular complexity index is 259. The van der Waals surface area contributed by atoms with E-state index in [2.05, 4.69) is 4.74 Å². The third-order valence-electron chi connectivity index (χ3n) is 2.27. The lowest BCUT2D eigenvalue weighted by molar-refractivity contribution is -0.375. The van der Waals surface area contributed by atoms with Crippen LogP contribution >= 0.6 is 0 Å². The summed E-state index contributed by atoms with van der Waals surface area (Å²) in [4.78, 5) is 11.2. The summed E-state index contributed by atoms with van der Waals surface area (Å²) in [7, 11) is 0. The Labute approximate surface area is 78.9 Å². The minimum atomic E-state index is -4.93. The van der Waals surface area contributed by atoms with Gasteiger partial charge in [-0.15, -0.1) is 0 Å². The maximum Gasteiger partial charge on any atom is 0.443 e. The number of hydrogen-bond acceptors (Lipinski definition) is 3. The van der Waals surface area contributed by atoms with Crippen LogP contribution in [0.4, 0.5) is 13.2 Å². The molecule has 0 radical (unpaired) electrons. The molecule has 1 fully saturated rings. The number of alkyl halides is 3. The minimum absolute atomic E-state index is 0.429. The summed E-state index contributed by atoms with van der Waals surface area (Å²) in [6.45, 7) is 2.53. The van der Waals surface area contributed by atoms with Gasteiger partial charge in [0, 0.05) is 5.41 Å². The van der Waals surface area contributed by atoms with Crippen molar-refractivity contribution in [1.29, 1.82) is 0 Å². The highest BCUT2D eigenvalue weighted by atomic mass is 19.4.